The molecule has 1 saturated heterocycles. The summed E-state index contributed by atoms with van der Waals surface area (Å²) in [5.41, 5.74) is 8.47. The van der Waals surface area contributed by atoms with Crippen LogP contribution in [0.3, 0.4) is 0 Å². The Morgan fingerprint density at radius 2 is 1.67 bits per heavy atom. The van der Waals surface area contributed by atoms with Gasteiger partial charge in [0.1, 0.15) is 30.0 Å². The Balaban J connectivity index is 0.000000376. The van der Waals surface area contributed by atoms with Gasteiger partial charge in [0.15, 0.2) is 0 Å². The first-order valence-electron chi connectivity index (χ1n) is 13.7. The van der Waals surface area contributed by atoms with Crippen molar-refractivity contribution in [3.05, 3.63) is 60.0 Å². The number of nitrogens with two attached hydrogens (primary N) is 1. The van der Waals surface area contributed by atoms with E-state index in [9.17, 15) is 35.5 Å². The maximum atomic E-state index is 13.7. The first-order valence-corrected chi connectivity index (χ1v) is 13.7. The number of benzene rings is 2. The van der Waals surface area contributed by atoms with Crippen molar-refractivity contribution in [3.63, 3.8) is 0 Å². The van der Waals surface area contributed by atoms with E-state index in [-0.39, 0.29) is 30.4 Å². The molecule has 5 N–H and O–H groups in total. The summed E-state index contributed by atoms with van der Waals surface area (Å²) < 4.78 is 89.1. The predicted molar refractivity (Wildman–Crippen MR) is 154 cm³/mol. The van der Waals surface area contributed by atoms with Crippen molar-refractivity contribution in [1.82, 2.24) is 14.9 Å². The minimum Gasteiger partial charge on any atom is -0.492 e. The van der Waals surface area contributed by atoms with Crippen LogP contribution in [0.4, 0.5) is 42.4 Å². The fraction of sp³-hybridized carbons (Fsp3) is 0.345. The van der Waals surface area contributed by atoms with Crippen LogP contribution >= 0.6 is 0 Å². The third-order valence-corrected chi connectivity index (χ3v) is 6.64. The van der Waals surface area contributed by atoms with E-state index in [0.29, 0.717) is 34.9 Å². The number of nitrogen functional groups attached to an aromatic ring is 1. The molecule has 0 radical (unpaired) electrons. The number of aliphatic carboxylic acids is 2. The van der Waals surface area contributed by atoms with Crippen molar-refractivity contribution in [2.45, 2.75) is 31.3 Å². The quantitative estimate of drug-likeness (QED) is 0.279. The normalized spacial score (nSPS) is 17.3. The second kappa shape index (κ2) is 15.6. The number of nitrogens with zero attached hydrogens (tertiary/aromatic N) is 3. The molecule has 0 aliphatic carbocycles. The molecule has 2 aromatic carbocycles. The maximum Gasteiger partial charge on any atom is 0.490 e. The van der Waals surface area contributed by atoms with Crippen LogP contribution < -0.4 is 20.5 Å². The van der Waals surface area contributed by atoms with E-state index < -0.39 is 30.2 Å². The Morgan fingerprint density at radius 1 is 1.02 bits per heavy atom. The first kappa shape index (κ1) is 37.3. The molecule has 12 nitrogen and oxygen atoms in total. The van der Waals surface area contributed by atoms with Crippen LogP contribution in [0.1, 0.15) is 12.0 Å². The van der Waals surface area contributed by atoms with Gasteiger partial charge in [0.25, 0.3) is 0 Å². The molecular formula is C29H28F7N5O7. The summed E-state index contributed by atoms with van der Waals surface area (Å²) >= 11 is 0. The van der Waals surface area contributed by atoms with E-state index in [2.05, 4.69) is 27.2 Å². The van der Waals surface area contributed by atoms with Gasteiger partial charge < -0.3 is 35.6 Å². The topological polar surface area (TPSA) is 177 Å². The van der Waals surface area contributed by atoms with Gasteiger partial charge in [0.05, 0.1) is 17.3 Å². The Hall–Kier alpha value is -5.20. The lowest BCUT2D eigenvalue weighted by molar-refractivity contribution is -0.193. The van der Waals surface area contributed by atoms with E-state index in [1.54, 1.807) is 24.4 Å². The number of carboxylic acids is 2. The van der Waals surface area contributed by atoms with Crippen molar-refractivity contribution in [2.24, 2.45) is 5.92 Å². The van der Waals surface area contributed by atoms with Crippen molar-refractivity contribution >= 4 is 29.5 Å². The number of amides is 1. The summed E-state index contributed by atoms with van der Waals surface area (Å²) in [5, 5.41) is 17.2. The highest BCUT2D eigenvalue weighted by Gasteiger charge is 2.39. The molecule has 19 heteroatoms. The number of carbonyl (C=O) groups is 3. The van der Waals surface area contributed by atoms with Gasteiger partial charge in [-0.15, -0.1) is 0 Å². The van der Waals surface area contributed by atoms with E-state index in [1.165, 1.54) is 12.1 Å². The van der Waals surface area contributed by atoms with Crippen molar-refractivity contribution in [2.75, 3.05) is 37.8 Å². The van der Waals surface area contributed by atoms with Crippen LogP contribution in [0.5, 0.6) is 11.5 Å². The third kappa shape index (κ3) is 11.0. The number of carboxylic acid groups (broad SMARTS) is 2. The second-order valence-electron chi connectivity index (χ2n) is 10.4. The predicted octanol–water partition coefficient (Wildman–Crippen LogP) is 4.40. The molecule has 0 bridgehead atoms. The molecule has 1 aromatic heterocycles. The molecule has 2 unspecified atom stereocenters. The minimum absolute atomic E-state index is 0.0132. The Labute approximate surface area is 267 Å². The molecule has 3 aromatic rings. The Morgan fingerprint density at radius 3 is 2.23 bits per heavy atom. The van der Waals surface area contributed by atoms with E-state index in [4.69, 9.17) is 35.0 Å². The number of hydrogen-bond acceptors (Lipinski definition) is 9. The number of aromatic nitrogens is 2. The summed E-state index contributed by atoms with van der Waals surface area (Å²) in [4.78, 5) is 41.3. The van der Waals surface area contributed by atoms with Crippen molar-refractivity contribution in [3.8, 4) is 22.8 Å². The highest BCUT2D eigenvalue weighted by Crippen LogP contribution is 2.34. The number of anilines is 2. The van der Waals surface area contributed by atoms with Crippen LogP contribution in [0.15, 0.2) is 48.7 Å². The lowest BCUT2D eigenvalue weighted by Crippen LogP contribution is -2.33. The number of likely N-dealkylation sites (tertiary alicyclic amines) is 1. The van der Waals surface area contributed by atoms with Crippen LogP contribution in [-0.2, 0) is 20.8 Å². The summed E-state index contributed by atoms with van der Waals surface area (Å²) in [6.07, 6.45) is -7.25. The minimum atomic E-state index is -5.08. The highest BCUT2D eigenvalue weighted by molar-refractivity contribution is 5.95. The van der Waals surface area contributed by atoms with Gasteiger partial charge in [-0.2, -0.15) is 26.3 Å². The SMILES string of the molecule is CN1CCC(Oc2cc(-c3ccnc(N)n3)ccc2NC(=O)C2COc3ccc(F)cc3C2)C1.O=C(O)C(F)(F)F.O=C(O)C(F)(F)F. The van der Waals surface area contributed by atoms with Crippen LogP contribution in [-0.4, -0.2) is 88.1 Å². The maximum absolute atomic E-state index is 13.7. The molecule has 48 heavy (non-hydrogen) atoms. The van der Waals surface area contributed by atoms with E-state index in [0.717, 1.165) is 25.1 Å². The number of likely N-dealkylation sites (N-methyl/N-ethyl adjacent to an activating group) is 1. The Bertz CT molecular complexity index is 1600. The molecule has 0 spiro atoms. The number of hydrogen-bond donors (Lipinski definition) is 4. The number of alkyl halides is 6. The van der Waals surface area contributed by atoms with E-state index >= 15 is 0 Å². The zero-order valence-electron chi connectivity index (χ0n) is 24.8. The number of halogens is 7. The zero-order valence-corrected chi connectivity index (χ0v) is 24.8. The van der Waals surface area contributed by atoms with Gasteiger partial charge in [-0.3, -0.25) is 4.79 Å². The molecule has 5 rings (SSSR count). The highest BCUT2D eigenvalue weighted by atomic mass is 19.4. The largest absolute Gasteiger partial charge is 0.492 e. The first-order chi connectivity index (χ1) is 22.3. The van der Waals surface area contributed by atoms with Gasteiger partial charge in [0.2, 0.25) is 11.9 Å². The molecule has 1 amide bonds. The number of rotatable bonds is 5. The van der Waals surface area contributed by atoms with Gasteiger partial charge in [0, 0.05) is 24.8 Å². The average molecular weight is 692 g/mol. The summed E-state index contributed by atoms with van der Waals surface area (Å²) in [6.45, 7) is 1.98. The third-order valence-electron chi connectivity index (χ3n) is 6.64. The standard InChI is InChI=1S/C25H26FN5O3.2C2HF3O2/c1-31-9-7-19(13-31)34-23-12-15(20-6-8-28-25(27)30-20)2-4-21(23)29-24(32)17-10-16-11-18(26)3-5-22(16)33-14-17;2*3-2(4,5)1(6)7/h2-6,8,11-12,17,19H,7,9-10,13-14H2,1H3,(H,29,32)(H2,27,28,30);2*(H,6,7). The van der Waals surface area contributed by atoms with Gasteiger partial charge in [-0.1, -0.05) is 6.07 Å². The monoisotopic (exact) mass is 691 g/mol. The lowest BCUT2D eigenvalue weighted by Gasteiger charge is -2.25. The van der Waals surface area contributed by atoms with Crippen LogP contribution in [0.25, 0.3) is 11.3 Å². The second-order valence-corrected chi connectivity index (χ2v) is 10.4. The molecule has 260 valence electrons. The summed E-state index contributed by atoms with van der Waals surface area (Å²) in [6, 6.07) is 11.7. The fourth-order valence-electron chi connectivity index (χ4n) is 4.35. The number of fused-ring (bicyclic) bond motifs is 1. The molecule has 0 saturated carbocycles. The smallest absolute Gasteiger partial charge is 0.490 e. The lowest BCUT2D eigenvalue weighted by atomic mass is 9.95. The molecular weight excluding hydrogens is 663 g/mol. The number of ether oxygens (including phenoxy) is 2. The van der Waals surface area contributed by atoms with Crippen LogP contribution in [0.2, 0.25) is 0 Å². The van der Waals surface area contributed by atoms with Gasteiger partial charge >= 0.3 is 24.3 Å². The van der Waals surface area contributed by atoms with Gasteiger partial charge in [-0.25, -0.2) is 23.9 Å². The van der Waals surface area contributed by atoms with E-state index in [1.807, 2.05) is 12.1 Å². The number of carbonyl (C=O) groups excluding carboxylic acids is 1. The Kier molecular flexibility index (Phi) is 12.1. The van der Waals surface area contributed by atoms with Crippen LogP contribution in [0, 0.1) is 11.7 Å². The zero-order chi connectivity index (χ0) is 35.8. The molecule has 2 atom stereocenters. The number of nitrogens with one attached hydrogen (secondary N) is 1. The molecule has 1 fully saturated rings. The summed E-state index contributed by atoms with van der Waals surface area (Å²) in [7, 11) is 2.05. The van der Waals surface area contributed by atoms with Gasteiger partial charge in [-0.05, 0) is 61.9 Å². The fourth-order valence-corrected chi connectivity index (χ4v) is 4.35. The van der Waals surface area contributed by atoms with Crippen molar-refractivity contribution in [1.29, 1.82) is 0 Å². The molecule has 2 aliphatic heterocycles. The molecule has 2 aliphatic rings. The van der Waals surface area contributed by atoms with Crippen molar-refractivity contribution < 1.29 is 64.8 Å². The molecule has 3 heterocycles. The average Bonchev–Trinajstić information content (AvgIpc) is 3.41. The summed E-state index contributed by atoms with van der Waals surface area (Å²) in [5.74, 6) is -5.14.